The molecular weight excluding hydrogens is 308 g/mol. The zero-order valence-corrected chi connectivity index (χ0v) is 13.1. The van der Waals surface area contributed by atoms with E-state index >= 15 is 0 Å². The van der Waals surface area contributed by atoms with Crippen LogP contribution in [0.3, 0.4) is 0 Å². The van der Waals surface area contributed by atoms with Gasteiger partial charge in [0.2, 0.25) is 0 Å². The van der Waals surface area contributed by atoms with Crippen molar-refractivity contribution in [1.29, 1.82) is 0 Å². The van der Waals surface area contributed by atoms with E-state index in [1.807, 2.05) is 12.1 Å². The average molecular weight is 329 g/mol. The van der Waals surface area contributed by atoms with Crippen LogP contribution in [0.25, 0.3) is 0 Å². The number of fused-ring (bicyclic) bond motifs is 1. The highest BCUT2D eigenvalue weighted by atomic mass is 79.9. The van der Waals surface area contributed by atoms with E-state index in [4.69, 9.17) is 9.47 Å². The quantitative estimate of drug-likeness (QED) is 0.905. The molecule has 2 rings (SSSR count). The largest absolute Gasteiger partial charge is 0.490 e. The summed E-state index contributed by atoms with van der Waals surface area (Å²) in [6.07, 6.45) is 2.35. The second-order valence-corrected chi connectivity index (χ2v) is 5.76. The highest BCUT2D eigenvalue weighted by molar-refractivity contribution is 9.10. The Bertz CT molecular complexity index is 430. The van der Waals surface area contributed by atoms with Gasteiger partial charge in [0.25, 0.3) is 0 Å². The Balaban J connectivity index is 2.32. The highest BCUT2D eigenvalue weighted by Crippen LogP contribution is 2.41. The highest BCUT2D eigenvalue weighted by Gasteiger charge is 2.22. The fraction of sp³-hybridized carbons (Fsp3) is 0.600. The van der Waals surface area contributed by atoms with Crippen molar-refractivity contribution >= 4 is 15.9 Å². The van der Waals surface area contributed by atoms with Crippen LogP contribution >= 0.6 is 15.9 Å². The Hall–Kier alpha value is -0.740. The maximum atomic E-state index is 10.5. The van der Waals surface area contributed by atoms with Crippen molar-refractivity contribution in [3.8, 4) is 11.5 Å². The lowest BCUT2D eigenvalue weighted by Crippen LogP contribution is -2.11. The number of hydrogen-bond acceptors (Lipinski definition) is 3. The number of rotatable bonds is 4. The third kappa shape index (κ3) is 3.23. The fourth-order valence-corrected chi connectivity index (χ4v) is 3.00. The first-order valence-electron chi connectivity index (χ1n) is 6.94. The number of benzene rings is 1. The van der Waals surface area contributed by atoms with E-state index in [9.17, 15) is 5.11 Å². The minimum Gasteiger partial charge on any atom is -0.490 e. The summed E-state index contributed by atoms with van der Waals surface area (Å²) in [6.45, 7) is 5.54. The number of hydrogen-bond donors (Lipinski definition) is 1. The van der Waals surface area contributed by atoms with E-state index in [-0.39, 0.29) is 5.92 Å². The van der Waals surface area contributed by atoms with Gasteiger partial charge in [-0.25, -0.2) is 0 Å². The molecule has 106 valence electrons. The smallest absolute Gasteiger partial charge is 0.175 e. The maximum absolute atomic E-state index is 10.5. The zero-order chi connectivity index (χ0) is 13.8. The van der Waals surface area contributed by atoms with E-state index in [1.165, 1.54) is 0 Å². The first-order chi connectivity index (χ1) is 9.17. The molecule has 0 saturated heterocycles. The van der Waals surface area contributed by atoms with Crippen molar-refractivity contribution in [2.75, 3.05) is 13.2 Å². The number of aliphatic hydroxyl groups excluding tert-OH is 1. The zero-order valence-electron chi connectivity index (χ0n) is 11.5. The van der Waals surface area contributed by atoms with Crippen LogP contribution in [0.1, 0.15) is 44.8 Å². The molecule has 0 saturated carbocycles. The summed E-state index contributed by atoms with van der Waals surface area (Å²) in [5.41, 5.74) is 0.893. The summed E-state index contributed by atoms with van der Waals surface area (Å²) in [5, 5.41) is 10.5. The minimum atomic E-state index is -0.455. The Morgan fingerprint density at radius 3 is 2.58 bits per heavy atom. The average Bonchev–Trinajstić information content (AvgIpc) is 2.65. The molecule has 1 aliphatic heterocycles. The Morgan fingerprint density at radius 1 is 1.21 bits per heavy atom. The molecular formula is C15H21BrO3. The van der Waals surface area contributed by atoms with E-state index in [0.29, 0.717) is 13.2 Å². The van der Waals surface area contributed by atoms with Gasteiger partial charge in [0.1, 0.15) is 0 Å². The van der Waals surface area contributed by atoms with Crippen molar-refractivity contribution in [2.24, 2.45) is 5.92 Å². The maximum Gasteiger partial charge on any atom is 0.175 e. The molecule has 1 aromatic rings. The van der Waals surface area contributed by atoms with Crippen molar-refractivity contribution in [2.45, 2.75) is 39.2 Å². The topological polar surface area (TPSA) is 38.7 Å². The summed E-state index contributed by atoms with van der Waals surface area (Å²) >= 11 is 3.51. The van der Waals surface area contributed by atoms with E-state index in [0.717, 1.165) is 40.8 Å². The molecule has 4 heteroatoms. The van der Waals surface area contributed by atoms with Gasteiger partial charge in [-0.3, -0.25) is 0 Å². The van der Waals surface area contributed by atoms with Crippen LogP contribution in [0.4, 0.5) is 0 Å². The number of ether oxygens (including phenoxy) is 2. The summed E-state index contributed by atoms with van der Waals surface area (Å²) in [6, 6.07) is 3.85. The van der Waals surface area contributed by atoms with E-state index in [2.05, 4.69) is 29.8 Å². The Morgan fingerprint density at radius 2 is 1.89 bits per heavy atom. The van der Waals surface area contributed by atoms with Crippen LogP contribution in [0.2, 0.25) is 0 Å². The van der Waals surface area contributed by atoms with Crippen LogP contribution in [0.5, 0.6) is 11.5 Å². The van der Waals surface area contributed by atoms with Gasteiger partial charge >= 0.3 is 0 Å². The van der Waals surface area contributed by atoms with Crippen molar-refractivity contribution in [3.63, 3.8) is 0 Å². The summed E-state index contributed by atoms with van der Waals surface area (Å²) in [4.78, 5) is 0. The van der Waals surface area contributed by atoms with Gasteiger partial charge in [-0.15, -0.1) is 0 Å². The second-order valence-electron chi connectivity index (χ2n) is 4.90. The molecule has 19 heavy (non-hydrogen) atoms. The molecule has 0 amide bonds. The van der Waals surface area contributed by atoms with Crippen LogP contribution in [-0.2, 0) is 0 Å². The van der Waals surface area contributed by atoms with Crippen LogP contribution in [0, 0.1) is 5.92 Å². The molecule has 0 aliphatic carbocycles. The van der Waals surface area contributed by atoms with Gasteiger partial charge in [0, 0.05) is 6.42 Å². The molecule has 0 radical (unpaired) electrons. The number of aliphatic hydroxyl groups is 1. The Labute approximate surface area is 123 Å². The van der Waals surface area contributed by atoms with Gasteiger partial charge in [-0.2, -0.15) is 0 Å². The lowest BCUT2D eigenvalue weighted by Gasteiger charge is -2.22. The SMILES string of the molecule is CCC(CC)C(O)c1cc(Br)c2c(c1)OCCCO2. The Kier molecular flexibility index (Phi) is 5.11. The lowest BCUT2D eigenvalue weighted by molar-refractivity contribution is 0.103. The molecule has 1 heterocycles. The van der Waals surface area contributed by atoms with E-state index in [1.54, 1.807) is 0 Å². The molecule has 1 aromatic carbocycles. The monoisotopic (exact) mass is 328 g/mol. The summed E-state index contributed by atoms with van der Waals surface area (Å²) in [7, 11) is 0. The predicted octanol–water partition coefficient (Wildman–Crippen LogP) is 4.08. The molecule has 1 N–H and O–H groups in total. The van der Waals surface area contributed by atoms with Crippen LogP contribution in [0.15, 0.2) is 16.6 Å². The molecule has 1 aliphatic rings. The van der Waals surface area contributed by atoms with Gasteiger partial charge in [0.05, 0.1) is 23.8 Å². The normalized spacial score (nSPS) is 16.3. The number of halogens is 1. The first kappa shape index (κ1) is 14.7. The first-order valence-corrected chi connectivity index (χ1v) is 7.73. The molecule has 0 spiro atoms. The summed E-state index contributed by atoms with van der Waals surface area (Å²) < 4.78 is 12.2. The fourth-order valence-electron chi connectivity index (χ4n) is 2.43. The van der Waals surface area contributed by atoms with E-state index < -0.39 is 6.10 Å². The molecule has 0 fully saturated rings. The van der Waals surface area contributed by atoms with Crippen LogP contribution in [-0.4, -0.2) is 18.3 Å². The van der Waals surface area contributed by atoms with Crippen molar-refractivity contribution < 1.29 is 14.6 Å². The third-order valence-electron chi connectivity index (χ3n) is 3.66. The molecule has 0 bridgehead atoms. The van der Waals surface area contributed by atoms with Crippen LogP contribution < -0.4 is 9.47 Å². The van der Waals surface area contributed by atoms with Gasteiger partial charge in [-0.05, 0) is 39.5 Å². The second kappa shape index (κ2) is 6.62. The van der Waals surface area contributed by atoms with Gasteiger partial charge in [0.15, 0.2) is 11.5 Å². The molecule has 3 nitrogen and oxygen atoms in total. The predicted molar refractivity (Wildman–Crippen MR) is 78.8 cm³/mol. The van der Waals surface area contributed by atoms with Crippen molar-refractivity contribution in [1.82, 2.24) is 0 Å². The lowest BCUT2D eigenvalue weighted by atomic mass is 9.91. The molecule has 0 aromatic heterocycles. The minimum absolute atomic E-state index is 0.275. The van der Waals surface area contributed by atoms with Crippen molar-refractivity contribution in [3.05, 3.63) is 22.2 Å². The van der Waals surface area contributed by atoms with Gasteiger partial charge in [-0.1, -0.05) is 26.7 Å². The van der Waals surface area contributed by atoms with Gasteiger partial charge < -0.3 is 14.6 Å². The standard InChI is InChI=1S/C15H21BrO3/c1-3-10(4-2)14(17)11-8-12(16)15-13(9-11)18-6-5-7-19-15/h8-10,14,17H,3-7H2,1-2H3. The third-order valence-corrected chi connectivity index (χ3v) is 4.25. The summed E-state index contributed by atoms with van der Waals surface area (Å²) in [5.74, 6) is 1.75. The molecule has 1 atom stereocenters. The molecule has 1 unspecified atom stereocenters.